The van der Waals surface area contributed by atoms with Gasteiger partial charge in [-0.15, -0.1) is 0 Å². The summed E-state index contributed by atoms with van der Waals surface area (Å²) in [4.78, 5) is 4.53. The van der Waals surface area contributed by atoms with E-state index in [9.17, 15) is 0 Å². The SMILES string of the molecule is Nc1c(-c2ccccc2Cl)nc(C2CC2)n1N. The van der Waals surface area contributed by atoms with E-state index in [2.05, 4.69) is 4.98 Å². The molecule has 0 radical (unpaired) electrons. The molecule has 1 aliphatic rings. The second-order valence-electron chi connectivity index (χ2n) is 4.33. The van der Waals surface area contributed by atoms with Crippen LogP contribution in [-0.2, 0) is 0 Å². The summed E-state index contributed by atoms with van der Waals surface area (Å²) in [7, 11) is 0. The van der Waals surface area contributed by atoms with Crippen molar-refractivity contribution in [3.63, 3.8) is 0 Å². The molecule has 4 nitrogen and oxygen atoms in total. The molecular weight excluding hydrogens is 236 g/mol. The maximum atomic E-state index is 6.14. The molecule has 1 fully saturated rings. The lowest BCUT2D eigenvalue weighted by Gasteiger charge is -2.02. The summed E-state index contributed by atoms with van der Waals surface area (Å²) in [5, 5.41) is 0.639. The number of hydrogen-bond acceptors (Lipinski definition) is 3. The van der Waals surface area contributed by atoms with Crippen LogP contribution in [0.15, 0.2) is 24.3 Å². The minimum Gasteiger partial charge on any atom is -0.382 e. The zero-order chi connectivity index (χ0) is 12.0. The van der Waals surface area contributed by atoms with Gasteiger partial charge < -0.3 is 11.6 Å². The summed E-state index contributed by atoms with van der Waals surface area (Å²) >= 11 is 6.14. The van der Waals surface area contributed by atoms with E-state index in [0.29, 0.717) is 22.5 Å². The van der Waals surface area contributed by atoms with Crippen molar-refractivity contribution in [1.82, 2.24) is 9.66 Å². The van der Waals surface area contributed by atoms with E-state index in [0.717, 1.165) is 24.2 Å². The van der Waals surface area contributed by atoms with Gasteiger partial charge in [0.25, 0.3) is 0 Å². The van der Waals surface area contributed by atoms with Gasteiger partial charge in [0.1, 0.15) is 11.5 Å². The molecule has 1 saturated carbocycles. The zero-order valence-corrected chi connectivity index (χ0v) is 9.98. The smallest absolute Gasteiger partial charge is 0.150 e. The molecule has 1 aromatic heterocycles. The Morgan fingerprint density at radius 1 is 1.29 bits per heavy atom. The summed E-state index contributed by atoms with van der Waals surface area (Å²) in [6.07, 6.45) is 2.27. The second kappa shape index (κ2) is 3.67. The normalized spacial score (nSPS) is 15.1. The molecule has 1 heterocycles. The van der Waals surface area contributed by atoms with Crippen molar-refractivity contribution in [2.24, 2.45) is 0 Å². The third kappa shape index (κ3) is 1.65. The van der Waals surface area contributed by atoms with Gasteiger partial charge >= 0.3 is 0 Å². The van der Waals surface area contributed by atoms with Crippen LogP contribution in [-0.4, -0.2) is 9.66 Å². The van der Waals surface area contributed by atoms with Crippen LogP contribution in [0.5, 0.6) is 0 Å². The van der Waals surface area contributed by atoms with Gasteiger partial charge in [-0.2, -0.15) is 0 Å². The number of hydrogen-bond donors (Lipinski definition) is 2. The van der Waals surface area contributed by atoms with E-state index in [-0.39, 0.29) is 0 Å². The van der Waals surface area contributed by atoms with Crippen LogP contribution >= 0.6 is 11.6 Å². The van der Waals surface area contributed by atoms with Crippen LogP contribution in [0.25, 0.3) is 11.3 Å². The number of nitrogens with zero attached hydrogens (tertiary/aromatic N) is 2. The summed E-state index contributed by atoms with van der Waals surface area (Å²) in [5.41, 5.74) is 7.50. The van der Waals surface area contributed by atoms with Gasteiger partial charge in [-0.3, -0.25) is 0 Å². The summed E-state index contributed by atoms with van der Waals surface area (Å²) in [5.74, 6) is 7.71. The number of halogens is 1. The van der Waals surface area contributed by atoms with Gasteiger partial charge in [-0.25, -0.2) is 9.66 Å². The van der Waals surface area contributed by atoms with Gasteiger partial charge in [0.15, 0.2) is 5.82 Å². The Hall–Kier alpha value is -1.68. The monoisotopic (exact) mass is 248 g/mol. The van der Waals surface area contributed by atoms with E-state index in [1.165, 1.54) is 4.68 Å². The van der Waals surface area contributed by atoms with Gasteiger partial charge in [-0.05, 0) is 18.9 Å². The fourth-order valence-electron chi connectivity index (χ4n) is 1.94. The molecule has 0 spiro atoms. The largest absolute Gasteiger partial charge is 0.382 e. The Bertz CT molecular complexity index is 572. The van der Waals surface area contributed by atoms with E-state index in [1.54, 1.807) is 0 Å². The number of nitrogens with two attached hydrogens (primary N) is 2. The minimum absolute atomic E-state index is 0.457. The Kier molecular flexibility index (Phi) is 2.26. The van der Waals surface area contributed by atoms with Gasteiger partial charge in [0.05, 0.1) is 5.02 Å². The Morgan fingerprint density at radius 3 is 2.65 bits per heavy atom. The van der Waals surface area contributed by atoms with Crippen LogP contribution in [0, 0.1) is 0 Å². The molecule has 3 rings (SSSR count). The molecule has 2 aromatic rings. The van der Waals surface area contributed by atoms with E-state index in [4.69, 9.17) is 23.2 Å². The molecule has 0 amide bonds. The van der Waals surface area contributed by atoms with Crippen LogP contribution in [0.3, 0.4) is 0 Å². The maximum absolute atomic E-state index is 6.14. The average Bonchev–Trinajstić information content (AvgIpc) is 3.11. The van der Waals surface area contributed by atoms with Gasteiger partial charge in [-0.1, -0.05) is 29.8 Å². The number of benzene rings is 1. The first kappa shape index (κ1) is 10.5. The van der Waals surface area contributed by atoms with Gasteiger partial charge in [0, 0.05) is 11.5 Å². The van der Waals surface area contributed by atoms with Crippen LogP contribution in [0.1, 0.15) is 24.6 Å². The fraction of sp³-hybridized carbons (Fsp3) is 0.250. The minimum atomic E-state index is 0.457. The number of rotatable bonds is 2. The third-order valence-electron chi connectivity index (χ3n) is 3.05. The zero-order valence-electron chi connectivity index (χ0n) is 9.23. The highest BCUT2D eigenvalue weighted by atomic mass is 35.5. The molecule has 0 aliphatic heterocycles. The molecule has 0 saturated heterocycles. The molecule has 1 aliphatic carbocycles. The lowest BCUT2D eigenvalue weighted by Crippen LogP contribution is -2.14. The molecule has 4 N–H and O–H groups in total. The number of aromatic nitrogens is 2. The van der Waals surface area contributed by atoms with Crippen LogP contribution in [0.4, 0.5) is 5.82 Å². The van der Waals surface area contributed by atoms with Gasteiger partial charge in [0.2, 0.25) is 0 Å². The predicted molar refractivity (Wildman–Crippen MR) is 69.2 cm³/mol. The number of anilines is 1. The molecule has 17 heavy (non-hydrogen) atoms. The molecule has 88 valence electrons. The third-order valence-corrected chi connectivity index (χ3v) is 3.38. The van der Waals surface area contributed by atoms with Crippen molar-refractivity contribution < 1.29 is 0 Å². The van der Waals surface area contributed by atoms with Crippen molar-refractivity contribution in [2.75, 3.05) is 11.6 Å². The Balaban J connectivity index is 2.15. The molecule has 0 atom stereocenters. The van der Waals surface area contributed by atoms with E-state index < -0.39 is 0 Å². The Labute approximate surface area is 104 Å². The van der Waals surface area contributed by atoms with E-state index in [1.807, 2.05) is 24.3 Å². The first-order valence-electron chi connectivity index (χ1n) is 5.56. The molecule has 0 bridgehead atoms. The van der Waals surface area contributed by atoms with Crippen molar-refractivity contribution >= 4 is 17.4 Å². The molecule has 0 unspecified atom stereocenters. The standard InChI is InChI=1S/C12H13ClN4/c13-9-4-2-1-3-8(9)10-11(14)17(15)12(16-10)7-5-6-7/h1-4,7H,5-6,14-15H2. The maximum Gasteiger partial charge on any atom is 0.150 e. The molecular formula is C12H13ClN4. The van der Waals surface area contributed by atoms with Crippen molar-refractivity contribution in [1.29, 1.82) is 0 Å². The lowest BCUT2D eigenvalue weighted by atomic mass is 10.1. The first-order chi connectivity index (χ1) is 8.18. The number of nitrogen functional groups attached to an aromatic ring is 2. The van der Waals surface area contributed by atoms with Crippen LogP contribution < -0.4 is 11.6 Å². The van der Waals surface area contributed by atoms with Crippen molar-refractivity contribution in [3.8, 4) is 11.3 Å². The highest BCUT2D eigenvalue weighted by Crippen LogP contribution is 2.42. The lowest BCUT2D eigenvalue weighted by molar-refractivity contribution is 0.855. The molecule has 1 aromatic carbocycles. The predicted octanol–water partition coefficient (Wildman–Crippen LogP) is 2.38. The highest BCUT2D eigenvalue weighted by Gasteiger charge is 2.30. The van der Waals surface area contributed by atoms with Crippen molar-refractivity contribution in [3.05, 3.63) is 35.1 Å². The summed E-state index contributed by atoms with van der Waals surface area (Å²) < 4.78 is 1.48. The second-order valence-corrected chi connectivity index (χ2v) is 4.74. The Morgan fingerprint density at radius 2 is 2.00 bits per heavy atom. The summed E-state index contributed by atoms with van der Waals surface area (Å²) in [6.45, 7) is 0. The molecule has 5 heteroatoms. The van der Waals surface area contributed by atoms with E-state index >= 15 is 0 Å². The number of imidazole rings is 1. The summed E-state index contributed by atoms with van der Waals surface area (Å²) in [6, 6.07) is 7.51. The topological polar surface area (TPSA) is 69.9 Å². The van der Waals surface area contributed by atoms with Crippen LogP contribution in [0.2, 0.25) is 5.02 Å². The average molecular weight is 249 g/mol. The highest BCUT2D eigenvalue weighted by molar-refractivity contribution is 6.33. The fourth-order valence-corrected chi connectivity index (χ4v) is 2.17. The quantitative estimate of drug-likeness (QED) is 0.802. The van der Waals surface area contributed by atoms with Crippen molar-refractivity contribution in [2.45, 2.75) is 18.8 Å². The first-order valence-corrected chi connectivity index (χ1v) is 5.94.